The van der Waals surface area contributed by atoms with E-state index in [1.54, 1.807) is 20.8 Å². The number of ether oxygens (including phenoxy) is 1. The molecule has 0 aromatic rings. The second kappa shape index (κ2) is 3.55. The minimum absolute atomic E-state index is 0.273. The minimum Gasteiger partial charge on any atom is -0.460 e. The lowest BCUT2D eigenvalue weighted by Gasteiger charge is -2.30. The molecule has 1 fully saturated rings. The number of hydrogen-bond acceptors (Lipinski definition) is 4. The Hall–Kier alpha value is -1.13. The monoisotopic (exact) mass is 201 g/mol. The van der Waals surface area contributed by atoms with Gasteiger partial charge in [0.15, 0.2) is 0 Å². The molecule has 0 spiro atoms. The Labute approximate surface area is 82.6 Å². The van der Waals surface area contributed by atoms with Crippen LogP contribution in [0.4, 0.5) is 0 Å². The van der Waals surface area contributed by atoms with Crippen molar-refractivity contribution in [3.05, 3.63) is 10.1 Å². The van der Waals surface area contributed by atoms with Crippen LogP contribution >= 0.6 is 0 Å². The Kier molecular flexibility index (Phi) is 2.78. The van der Waals surface area contributed by atoms with Crippen molar-refractivity contribution in [1.82, 2.24) is 0 Å². The van der Waals surface area contributed by atoms with Crippen LogP contribution in [0.25, 0.3) is 0 Å². The standard InChI is InChI=1S/C9H15NO4/c1-9(2,3)14-8(11)6-4-7(5-6)10(12)13/h6-7H,4-5H2,1-3H3. The maximum atomic E-state index is 11.4. The SMILES string of the molecule is CC(C)(C)OC(=O)C1CC([N+](=O)[O-])C1. The zero-order valence-corrected chi connectivity index (χ0v) is 8.65. The van der Waals surface area contributed by atoms with Crippen molar-refractivity contribution in [1.29, 1.82) is 0 Å². The van der Waals surface area contributed by atoms with Gasteiger partial charge in [-0.3, -0.25) is 14.9 Å². The lowest BCUT2D eigenvalue weighted by Crippen LogP contribution is -2.42. The van der Waals surface area contributed by atoms with Crippen molar-refractivity contribution < 1.29 is 14.5 Å². The number of nitrogens with zero attached hydrogens (tertiary/aromatic N) is 1. The summed E-state index contributed by atoms with van der Waals surface area (Å²) in [4.78, 5) is 21.3. The smallest absolute Gasteiger partial charge is 0.309 e. The summed E-state index contributed by atoms with van der Waals surface area (Å²) in [6.07, 6.45) is 0.643. The van der Waals surface area contributed by atoms with Gasteiger partial charge in [-0.1, -0.05) is 0 Å². The quantitative estimate of drug-likeness (QED) is 0.384. The summed E-state index contributed by atoms with van der Waals surface area (Å²) in [5.74, 6) is -0.583. The molecule has 1 aliphatic carbocycles. The maximum absolute atomic E-state index is 11.4. The molecule has 0 heterocycles. The Morgan fingerprint density at radius 3 is 2.29 bits per heavy atom. The number of nitro groups is 1. The second-order valence-electron chi connectivity index (χ2n) is 4.64. The molecule has 0 saturated heterocycles. The van der Waals surface area contributed by atoms with Crippen LogP contribution in [0, 0.1) is 16.0 Å². The number of esters is 1. The van der Waals surface area contributed by atoms with E-state index in [-0.39, 0.29) is 16.8 Å². The summed E-state index contributed by atoms with van der Waals surface area (Å²) in [5.41, 5.74) is -0.503. The van der Waals surface area contributed by atoms with Crippen molar-refractivity contribution in [3.8, 4) is 0 Å². The lowest BCUT2D eigenvalue weighted by atomic mass is 9.80. The highest BCUT2D eigenvalue weighted by Crippen LogP contribution is 2.31. The first-order chi connectivity index (χ1) is 6.29. The van der Waals surface area contributed by atoms with Crippen LogP contribution in [-0.4, -0.2) is 22.5 Å². The van der Waals surface area contributed by atoms with Crippen LogP contribution < -0.4 is 0 Å². The molecule has 0 aromatic carbocycles. The van der Waals surface area contributed by atoms with Crippen LogP contribution in [0.1, 0.15) is 33.6 Å². The predicted octanol–water partition coefficient (Wildman–Crippen LogP) is 1.38. The van der Waals surface area contributed by atoms with Gasteiger partial charge in [0.05, 0.1) is 5.92 Å². The molecule has 5 heteroatoms. The topological polar surface area (TPSA) is 69.4 Å². The highest BCUT2D eigenvalue weighted by atomic mass is 16.6. The van der Waals surface area contributed by atoms with E-state index in [4.69, 9.17) is 4.74 Å². The molecule has 0 bridgehead atoms. The fourth-order valence-corrected chi connectivity index (χ4v) is 1.34. The van der Waals surface area contributed by atoms with Crippen molar-refractivity contribution in [2.75, 3.05) is 0 Å². The molecule has 0 radical (unpaired) electrons. The minimum atomic E-state index is -0.549. The molecule has 14 heavy (non-hydrogen) atoms. The molecule has 0 aromatic heterocycles. The first kappa shape index (κ1) is 10.9. The zero-order valence-electron chi connectivity index (χ0n) is 8.65. The van der Waals surface area contributed by atoms with E-state index in [9.17, 15) is 14.9 Å². The van der Waals surface area contributed by atoms with Gasteiger partial charge in [-0.15, -0.1) is 0 Å². The highest BCUT2D eigenvalue weighted by molar-refractivity contribution is 5.74. The Balaban J connectivity index is 2.34. The molecule has 1 saturated carbocycles. The molecule has 0 aliphatic heterocycles. The third-order valence-electron chi connectivity index (χ3n) is 2.15. The second-order valence-corrected chi connectivity index (χ2v) is 4.64. The average molecular weight is 201 g/mol. The number of carbonyl (C=O) groups excluding carboxylic acids is 1. The zero-order chi connectivity index (χ0) is 10.9. The van der Waals surface area contributed by atoms with E-state index >= 15 is 0 Å². The maximum Gasteiger partial charge on any atom is 0.309 e. The summed E-state index contributed by atoms with van der Waals surface area (Å²) in [6, 6.07) is -0.549. The molecular formula is C9H15NO4. The molecule has 0 amide bonds. The van der Waals surface area contributed by atoms with Crippen molar-refractivity contribution in [3.63, 3.8) is 0 Å². The van der Waals surface area contributed by atoms with Crippen LogP contribution in [0.5, 0.6) is 0 Å². The third-order valence-corrected chi connectivity index (χ3v) is 2.15. The summed E-state index contributed by atoms with van der Waals surface area (Å²) < 4.78 is 5.11. The van der Waals surface area contributed by atoms with Gasteiger partial charge < -0.3 is 4.74 Å². The normalized spacial score (nSPS) is 26.5. The van der Waals surface area contributed by atoms with E-state index in [1.807, 2.05) is 0 Å². The predicted molar refractivity (Wildman–Crippen MR) is 49.4 cm³/mol. The Morgan fingerprint density at radius 1 is 1.43 bits per heavy atom. The lowest BCUT2D eigenvalue weighted by molar-refractivity contribution is -0.539. The first-order valence-corrected chi connectivity index (χ1v) is 4.66. The molecule has 0 unspecified atom stereocenters. The van der Waals surface area contributed by atoms with Gasteiger partial charge >= 0.3 is 5.97 Å². The van der Waals surface area contributed by atoms with Gasteiger partial charge in [-0.2, -0.15) is 0 Å². The van der Waals surface area contributed by atoms with Crippen LogP contribution in [0.15, 0.2) is 0 Å². The van der Waals surface area contributed by atoms with E-state index in [1.165, 1.54) is 0 Å². The van der Waals surface area contributed by atoms with Crippen molar-refractivity contribution >= 4 is 5.97 Å². The fourth-order valence-electron chi connectivity index (χ4n) is 1.34. The molecular weight excluding hydrogens is 186 g/mol. The summed E-state index contributed by atoms with van der Waals surface area (Å²) in [5, 5.41) is 10.3. The summed E-state index contributed by atoms with van der Waals surface area (Å²) in [6.45, 7) is 5.36. The third kappa shape index (κ3) is 2.68. The van der Waals surface area contributed by atoms with Crippen molar-refractivity contribution in [2.45, 2.75) is 45.3 Å². The first-order valence-electron chi connectivity index (χ1n) is 4.66. The van der Waals surface area contributed by atoms with E-state index < -0.39 is 11.6 Å². The van der Waals surface area contributed by atoms with E-state index in [0.29, 0.717) is 12.8 Å². The van der Waals surface area contributed by atoms with E-state index in [2.05, 4.69) is 0 Å². The Morgan fingerprint density at radius 2 is 1.93 bits per heavy atom. The van der Waals surface area contributed by atoms with Gasteiger partial charge in [0.2, 0.25) is 6.04 Å². The number of carbonyl (C=O) groups is 1. The average Bonchev–Trinajstić information content (AvgIpc) is 1.75. The fraction of sp³-hybridized carbons (Fsp3) is 0.889. The van der Waals surface area contributed by atoms with Crippen LogP contribution in [0.2, 0.25) is 0 Å². The molecule has 0 atom stereocenters. The summed E-state index contributed by atoms with van der Waals surface area (Å²) in [7, 11) is 0. The molecule has 80 valence electrons. The molecule has 0 N–H and O–H groups in total. The molecule has 1 rings (SSSR count). The van der Waals surface area contributed by atoms with Gasteiger partial charge in [0, 0.05) is 17.8 Å². The largest absolute Gasteiger partial charge is 0.460 e. The van der Waals surface area contributed by atoms with Crippen LogP contribution in [0.3, 0.4) is 0 Å². The molecule has 1 aliphatic rings. The van der Waals surface area contributed by atoms with E-state index in [0.717, 1.165) is 0 Å². The van der Waals surface area contributed by atoms with Gasteiger partial charge in [-0.25, -0.2) is 0 Å². The number of hydrogen-bond donors (Lipinski definition) is 0. The van der Waals surface area contributed by atoms with Crippen LogP contribution in [-0.2, 0) is 9.53 Å². The summed E-state index contributed by atoms with van der Waals surface area (Å²) >= 11 is 0. The molecule has 5 nitrogen and oxygen atoms in total. The van der Waals surface area contributed by atoms with Gasteiger partial charge in [0.25, 0.3) is 0 Å². The van der Waals surface area contributed by atoms with Gasteiger partial charge in [0.1, 0.15) is 5.60 Å². The number of rotatable bonds is 2. The van der Waals surface area contributed by atoms with Gasteiger partial charge in [-0.05, 0) is 20.8 Å². The Bertz CT molecular complexity index is 250. The van der Waals surface area contributed by atoms with Crippen molar-refractivity contribution in [2.24, 2.45) is 5.92 Å². The highest BCUT2D eigenvalue weighted by Gasteiger charge is 2.43.